The first-order valence-corrected chi connectivity index (χ1v) is 10.7. The van der Waals surface area contributed by atoms with Gasteiger partial charge in [0.25, 0.3) is 0 Å². The molecule has 1 amide bonds. The minimum absolute atomic E-state index is 0.0243. The highest BCUT2D eigenvalue weighted by atomic mass is 32.2. The van der Waals surface area contributed by atoms with Crippen molar-refractivity contribution in [3.63, 3.8) is 0 Å². The van der Waals surface area contributed by atoms with Gasteiger partial charge in [0.05, 0.1) is 0 Å². The van der Waals surface area contributed by atoms with E-state index in [1.807, 2.05) is 12.1 Å². The Morgan fingerprint density at radius 2 is 2.00 bits per heavy atom. The highest BCUT2D eigenvalue weighted by Crippen LogP contribution is 2.38. The van der Waals surface area contributed by atoms with Crippen LogP contribution < -0.4 is 14.8 Å². The van der Waals surface area contributed by atoms with Gasteiger partial charge in [-0.3, -0.25) is 4.79 Å². The van der Waals surface area contributed by atoms with E-state index in [4.69, 9.17) is 26.8 Å². The van der Waals surface area contributed by atoms with Crippen LogP contribution in [0.4, 0.5) is 5.69 Å². The largest absolute Gasteiger partial charge is 0.507 e. The molecule has 9 nitrogen and oxygen atoms in total. The number of carboxylic acid groups (broad SMARTS) is 1. The Labute approximate surface area is 192 Å². The zero-order valence-corrected chi connectivity index (χ0v) is 18.1. The molecule has 0 aromatic heterocycles. The molecule has 2 heterocycles. The van der Waals surface area contributed by atoms with E-state index >= 15 is 0 Å². The SMILES string of the molecule is O=C(CCN1C(=S)S/C(=C\c2ccc3c(c2)OCO3)C1O)Nc1ccc(C(=O)O)c(O)c1. The fourth-order valence-corrected chi connectivity index (χ4v) is 4.60. The van der Waals surface area contributed by atoms with Crippen molar-refractivity contribution in [2.45, 2.75) is 12.6 Å². The number of carbonyl (C=O) groups excluding carboxylic acids is 1. The fourth-order valence-electron chi connectivity index (χ4n) is 3.19. The van der Waals surface area contributed by atoms with Gasteiger partial charge in [-0.15, -0.1) is 0 Å². The summed E-state index contributed by atoms with van der Waals surface area (Å²) in [5.41, 5.74) is 0.829. The number of nitrogens with one attached hydrogen (secondary N) is 1. The summed E-state index contributed by atoms with van der Waals surface area (Å²) >= 11 is 6.60. The molecule has 0 bridgehead atoms. The zero-order valence-electron chi connectivity index (χ0n) is 16.5. The van der Waals surface area contributed by atoms with Crippen molar-refractivity contribution >= 4 is 51.9 Å². The predicted molar refractivity (Wildman–Crippen MR) is 122 cm³/mol. The number of phenols is 1. The van der Waals surface area contributed by atoms with Crippen LogP contribution in [0.25, 0.3) is 6.08 Å². The molecule has 11 heteroatoms. The van der Waals surface area contributed by atoms with E-state index in [0.29, 0.717) is 20.7 Å². The monoisotopic (exact) mass is 474 g/mol. The van der Waals surface area contributed by atoms with Gasteiger partial charge < -0.3 is 35.0 Å². The molecular weight excluding hydrogens is 456 g/mol. The summed E-state index contributed by atoms with van der Waals surface area (Å²) in [7, 11) is 0. The van der Waals surface area contributed by atoms with Crippen LogP contribution >= 0.6 is 24.0 Å². The molecule has 0 saturated carbocycles. The number of fused-ring (bicyclic) bond motifs is 1. The summed E-state index contributed by atoms with van der Waals surface area (Å²) in [4.78, 5) is 25.4. The third kappa shape index (κ3) is 4.64. The summed E-state index contributed by atoms with van der Waals surface area (Å²) in [6, 6.07) is 9.21. The first-order valence-electron chi connectivity index (χ1n) is 9.46. The van der Waals surface area contributed by atoms with Gasteiger partial charge in [0.1, 0.15) is 15.6 Å². The first-order chi connectivity index (χ1) is 15.3. The molecule has 2 aromatic carbocycles. The summed E-state index contributed by atoms with van der Waals surface area (Å²) in [5.74, 6) is -0.781. The molecule has 4 N–H and O–H groups in total. The van der Waals surface area contributed by atoms with Gasteiger partial charge in [-0.1, -0.05) is 30.0 Å². The smallest absolute Gasteiger partial charge is 0.339 e. The number of aliphatic hydroxyl groups is 1. The topological polar surface area (TPSA) is 129 Å². The minimum atomic E-state index is -1.26. The van der Waals surface area contributed by atoms with Gasteiger partial charge in [-0.25, -0.2) is 4.79 Å². The number of thioether (sulfide) groups is 1. The number of ether oxygens (including phenoxy) is 2. The lowest BCUT2D eigenvalue weighted by Crippen LogP contribution is -2.34. The number of hydrogen-bond donors (Lipinski definition) is 4. The van der Waals surface area contributed by atoms with Crippen LogP contribution in [-0.4, -0.2) is 56.0 Å². The molecule has 2 aliphatic rings. The van der Waals surface area contributed by atoms with Crippen LogP contribution in [0.15, 0.2) is 41.3 Å². The fraction of sp³-hybridized carbons (Fsp3) is 0.190. The summed E-state index contributed by atoms with van der Waals surface area (Å²) in [5, 5.41) is 31.9. The maximum Gasteiger partial charge on any atom is 0.339 e. The number of amides is 1. The van der Waals surface area contributed by atoms with E-state index in [0.717, 1.165) is 5.56 Å². The van der Waals surface area contributed by atoms with Crippen LogP contribution in [0.1, 0.15) is 22.3 Å². The van der Waals surface area contributed by atoms with Crippen LogP contribution in [0, 0.1) is 0 Å². The second kappa shape index (κ2) is 9.07. The van der Waals surface area contributed by atoms with E-state index in [1.165, 1.54) is 30.0 Å². The summed E-state index contributed by atoms with van der Waals surface area (Å²) in [6.07, 6.45) is 0.845. The molecule has 2 aromatic rings. The Kier molecular flexibility index (Phi) is 6.21. The molecule has 0 aliphatic carbocycles. The maximum absolute atomic E-state index is 12.3. The number of carbonyl (C=O) groups is 2. The molecule has 0 spiro atoms. The Hall–Kier alpha value is -3.28. The van der Waals surface area contributed by atoms with Crippen molar-refractivity contribution in [1.29, 1.82) is 0 Å². The minimum Gasteiger partial charge on any atom is -0.507 e. The Bertz CT molecular complexity index is 1140. The number of nitrogens with zero attached hydrogens (tertiary/aromatic N) is 1. The third-order valence-corrected chi connectivity index (χ3v) is 6.24. The molecule has 1 fully saturated rings. The van der Waals surface area contributed by atoms with Gasteiger partial charge in [0.2, 0.25) is 12.7 Å². The van der Waals surface area contributed by atoms with E-state index in [2.05, 4.69) is 5.32 Å². The van der Waals surface area contributed by atoms with Crippen LogP contribution in [0.2, 0.25) is 0 Å². The molecule has 166 valence electrons. The molecule has 1 atom stereocenters. The Morgan fingerprint density at radius 1 is 1.22 bits per heavy atom. The second-order valence-electron chi connectivity index (χ2n) is 6.93. The van der Waals surface area contributed by atoms with Crippen molar-refractivity contribution in [2.24, 2.45) is 0 Å². The van der Waals surface area contributed by atoms with Crippen molar-refractivity contribution in [3.8, 4) is 17.2 Å². The highest BCUT2D eigenvalue weighted by Gasteiger charge is 2.32. The Morgan fingerprint density at radius 3 is 2.75 bits per heavy atom. The van der Waals surface area contributed by atoms with Gasteiger partial charge in [0, 0.05) is 29.6 Å². The second-order valence-corrected chi connectivity index (χ2v) is 8.64. The number of aliphatic hydroxyl groups excluding tert-OH is 1. The molecule has 2 aliphatic heterocycles. The van der Waals surface area contributed by atoms with E-state index in [1.54, 1.807) is 17.0 Å². The van der Waals surface area contributed by atoms with Crippen molar-refractivity contribution in [2.75, 3.05) is 18.7 Å². The molecule has 0 radical (unpaired) electrons. The average Bonchev–Trinajstić information content (AvgIpc) is 3.30. The quantitative estimate of drug-likeness (QED) is 0.464. The van der Waals surface area contributed by atoms with Crippen molar-refractivity contribution in [3.05, 3.63) is 52.4 Å². The number of rotatable bonds is 6. The summed E-state index contributed by atoms with van der Waals surface area (Å²) < 4.78 is 11.1. The number of aromatic carboxylic acids is 1. The number of carboxylic acids is 1. The van der Waals surface area contributed by atoms with Gasteiger partial charge >= 0.3 is 5.97 Å². The van der Waals surface area contributed by atoms with E-state index in [-0.39, 0.29) is 36.9 Å². The number of anilines is 1. The normalized spacial score (nSPS) is 18.3. The maximum atomic E-state index is 12.3. The Balaban J connectivity index is 1.36. The lowest BCUT2D eigenvalue weighted by molar-refractivity contribution is -0.116. The number of benzene rings is 2. The zero-order chi connectivity index (χ0) is 22.8. The lowest BCUT2D eigenvalue weighted by atomic mass is 10.1. The molecule has 1 unspecified atom stereocenters. The van der Waals surface area contributed by atoms with Gasteiger partial charge in [-0.05, 0) is 35.9 Å². The van der Waals surface area contributed by atoms with Crippen LogP contribution in [0.3, 0.4) is 0 Å². The molecule has 32 heavy (non-hydrogen) atoms. The predicted octanol–water partition coefficient (Wildman–Crippen LogP) is 2.84. The third-order valence-electron chi connectivity index (χ3n) is 4.79. The van der Waals surface area contributed by atoms with E-state index < -0.39 is 17.9 Å². The first kappa shape index (κ1) is 21.9. The number of hydrogen-bond acceptors (Lipinski definition) is 8. The lowest BCUT2D eigenvalue weighted by Gasteiger charge is -2.21. The van der Waals surface area contributed by atoms with Gasteiger partial charge in [0.15, 0.2) is 17.7 Å². The number of aromatic hydroxyl groups is 1. The molecular formula is C21H18N2O7S2. The van der Waals surface area contributed by atoms with E-state index in [9.17, 15) is 19.8 Å². The standard InChI is InChI=1S/C21H18N2O7S2/c24-14-9-12(2-3-13(14)20(27)28)22-18(25)5-6-23-19(26)17(32-21(23)31)8-11-1-4-15-16(7-11)30-10-29-15/h1-4,7-9,19,24,26H,5-6,10H2,(H,22,25)(H,27,28)/b17-8-. The molecule has 1 saturated heterocycles. The van der Waals surface area contributed by atoms with Crippen LogP contribution in [0.5, 0.6) is 17.2 Å². The van der Waals surface area contributed by atoms with Crippen molar-refractivity contribution in [1.82, 2.24) is 4.90 Å². The number of thiocarbonyl (C=S) groups is 1. The van der Waals surface area contributed by atoms with Crippen molar-refractivity contribution < 1.29 is 34.4 Å². The summed E-state index contributed by atoms with van der Waals surface area (Å²) in [6.45, 7) is 0.354. The average molecular weight is 475 g/mol. The van der Waals surface area contributed by atoms with Gasteiger partial charge in [-0.2, -0.15) is 0 Å². The van der Waals surface area contributed by atoms with Crippen LogP contribution in [-0.2, 0) is 4.79 Å². The molecule has 4 rings (SSSR count). The highest BCUT2D eigenvalue weighted by molar-refractivity contribution is 8.25.